The number of rotatable bonds is 3. The van der Waals surface area contributed by atoms with E-state index in [-0.39, 0.29) is 5.56 Å². The lowest BCUT2D eigenvalue weighted by atomic mass is 10.1. The third-order valence-electron chi connectivity index (χ3n) is 2.34. The molecule has 0 heterocycles. The van der Waals surface area contributed by atoms with Crippen molar-refractivity contribution >= 4 is 11.8 Å². The van der Waals surface area contributed by atoms with Gasteiger partial charge in [0.2, 0.25) is 0 Å². The molecule has 2 rings (SSSR count). The fourth-order valence-electron chi connectivity index (χ4n) is 1.46. The highest BCUT2D eigenvalue weighted by Gasteiger charge is 2.07. The van der Waals surface area contributed by atoms with Gasteiger partial charge < -0.3 is 0 Å². The second kappa shape index (κ2) is 5.51. The molecule has 17 heavy (non-hydrogen) atoms. The molecular weight excluding hydrogens is 233 g/mol. The van der Waals surface area contributed by atoms with E-state index in [0.29, 0.717) is 11.3 Å². The lowest BCUT2D eigenvalue weighted by molar-refractivity contribution is 0.613. The van der Waals surface area contributed by atoms with Gasteiger partial charge in [-0.1, -0.05) is 30.3 Å². The number of nitrogens with zero attached hydrogens (tertiary/aromatic N) is 1. The van der Waals surface area contributed by atoms with Crippen molar-refractivity contribution in [3.63, 3.8) is 0 Å². The summed E-state index contributed by atoms with van der Waals surface area (Å²) in [6.45, 7) is 0. The van der Waals surface area contributed by atoms with Crippen LogP contribution in [0.1, 0.15) is 11.1 Å². The Balaban J connectivity index is 2.13. The van der Waals surface area contributed by atoms with E-state index in [9.17, 15) is 4.39 Å². The summed E-state index contributed by atoms with van der Waals surface area (Å²) in [7, 11) is 0. The number of benzene rings is 2. The minimum Gasteiger partial charge on any atom is -0.205 e. The van der Waals surface area contributed by atoms with Gasteiger partial charge in [0.1, 0.15) is 11.9 Å². The van der Waals surface area contributed by atoms with Gasteiger partial charge in [0.05, 0.1) is 5.56 Å². The van der Waals surface area contributed by atoms with E-state index in [1.54, 1.807) is 23.9 Å². The van der Waals surface area contributed by atoms with E-state index in [1.807, 2.05) is 36.4 Å². The van der Waals surface area contributed by atoms with Crippen LogP contribution < -0.4 is 0 Å². The van der Waals surface area contributed by atoms with Crippen LogP contribution in [-0.2, 0) is 5.75 Å². The Kier molecular flexibility index (Phi) is 3.79. The van der Waals surface area contributed by atoms with Crippen molar-refractivity contribution < 1.29 is 4.39 Å². The summed E-state index contributed by atoms with van der Waals surface area (Å²) in [6, 6.07) is 16.6. The quantitative estimate of drug-likeness (QED) is 0.761. The van der Waals surface area contributed by atoms with Crippen LogP contribution in [-0.4, -0.2) is 0 Å². The molecule has 0 N–H and O–H groups in total. The highest BCUT2D eigenvalue weighted by molar-refractivity contribution is 7.98. The van der Waals surface area contributed by atoms with Crippen LogP contribution in [0.2, 0.25) is 0 Å². The maximum Gasteiger partial charge on any atom is 0.144 e. The van der Waals surface area contributed by atoms with Crippen molar-refractivity contribution in [2.45, 2.75) is 10.6 Å². The van der Waals surface area contributed by atoms with Crippen molar-refractivity contribution in [1.82, 2.24) is 0 Å². The van der Waals surface area contributed by atoms with Gasteiger partial charge in [0.25, 0.3) is 0 Å². The Morgan fingerprint density at radius 2 is 1.82 bits per heavy atom. The summed E-state index contributed by atoms with van der Waals surface area (Å²) in [4.78, 5) is 1.09. The lowest BCUT2D eigenvalue weighted by Crippen LogP contribution is -1.91. The fraction of sp³-hybridized carbons (Fsp3) is 0.0714. The van der Waals surface area contributed by atoms with Gasteiger partial charge in [-0.25, -0.2) is 4.39 Å². The molecule has 1 nitrogen and oxygen atoms in total. The molecule has 0 aliphatic heterocycles. The highest BCUT2D eigenvalue weighted by Crippen LogP contribution is 2.24. The summed E-state index contributed by atoms with van der Waals surface area (Å²) in [5, 5.41) is 8.73. The van der Waals surface area contributed by atoms with E-state index >= 15 is 0 Å². The predicted molar refractivity (Wildman–Crippen MR) is 67.1 cm³/mol. The zero-order valence-corrected chi connectivity index (χ0v) is 9.88. The molecule has 0 spiro atoms. The summed E-state index contributed by atoms with van der Waals surface area (Å²) in [6.07, 6.45) is 0. The van der Waals surface area contributed by atoms with Crippen LogP contribution in [0.4, 0.5) is 4.39 Å². The second-order valence-electron chi connectivity index (χ2n) is 3.49. The highest BCUT2D eigenvalue weighted by atomic mass is 32.2. The number of hydrogen-bond donors (Lipinski definition) is 0. The van der Waals surface area contributed by atoms with Crippen molar-refractivity contribution in [2.24, 2.45) is 0 Å². The van der Waals surface area contributed by atoms with Gasteiger partial charge in [-0.3, -0.25) is 0 Å². The van der Waals surface area contributed by atoms with Gasteiger partial charge in [-0.05, 0) is 23.8 Å². The molecule has 0 atom stereocenters. The normalized spacial score (nSPS) is 9.88. The smallest absolute Gasteiger partial charge is 0.144 e. The first-order chi connectivity index (χ1) is 8.31. The topological polar surface area (TPSA) is 23.8 Å². The van der Waals surface area contributed by atoms with Crippen LogP contribution in [0.15, 0.2) is 53.4 Å². The first-order valence-electron chi connectivity index (χ1n) is 5.16. The number of halogens is 1. The molecule has 0 radical (unpaired) electrons. The summed E-state index contributed by atoms with van der Waals surface area (Å²) in [5.41, 5.74) is 0.675. The van der Waals surface area contributed by atoms with E-state index in [0.717, 1.165) is 4.90 Å². The first-order valence-corrected chi connectivity index (χ1v) is 6.15. The molecule has 0 aliphatic carbocycles. The van der Waals surface area contributed by atoms with E-state index in [1.165, 1.54) is 6.07 Å². The fourth-order valence-corrected chi connectivity index (χ4v) is 2.35. The predicted octanol–water partition coefficient (Wildman–Crippen LogP) is 3.99. The molecule has 0 amide bonds. The van der Waals surface area contributed by atoms with Gasteiger partial charge in [0, 0.05) is 10.6 Å². The van der Waals surface area contributed by atoms with Crippen LogP contribution in [0, 0.1) is 17.1 Å². The van der Waals surface area contributed by atoms with E-state index in [2.05, 4.69) is 0 Å². The summed E-state index contributed by atoms with van der Waals surface area (Å²) >= 11 is 1.56. The standard InChI is InChI=1S/C14H10FNS/c15-14-11(9-16)5-4-6-12(14)10-17-13-7-2-1-3-8-13/h1-8H,10H2. The molecular formula is C14H10FNS. The minimum absolute atomic E-state index is 0.108. The third kappa shape index (κ3) is 2.86. The number of nitriles is 1. The monoisotopic (exact) mass is 243 g/mol. The SMILES string of the molecule is N#Cc1cccc(CSc2ccccc2)c1F. The Labute approximate surface area is 104 Å². The van der Waals surface area contributed by atoms with Crippen LogP contribution in [0.3, 0.4) is 0 Å². The molecule has 0 aliphatic rings. The Bertz CT molecular complexity index is 546. The van der Waals surface area contributed by atoms with Crippen molar-refractivity contribution in [1.29, 1.82) is 5.26 Å². The number of thioether (sulfide) groups is 1. The maximum atomic E-state index is 13.7. The number of hydrogen-bond acceptors (Lipinski definition) is 2. The molecule has 2 aromatic carbocycles. The minimum atomic E-state index is -0.404. The van der Waals surface area contributed by atoms with Gasteiger partial charge in [-0.2, -0.15) is 5.26 Å². The van der Waals surface area contributed by atoms with Crippen molar-refractivity contribution in [3.8, 4) is 6.07 Å². The maximum absolute atomic E-state index is 13.7. The molecule has 2 aromatic rings. The Morgan fingerprint density at radius 3 is 2.53 bits per heavy atom. The largest absolute Gasteiger partial charge is 0.205 e. The zero-order chi connectivity index (χ0) is 12.1. The molecule has 0 bridgehead atoms. The van der Waals surface area contributed by atoms with Crippen molar-refractivity contribution in [2.75, 3.05) is 0 Å². The summed E-state index contributed by atoms with van der Waals surface area (Å²) < 4.78 is 13.7. The first kappa shape index (κ1) is 11.7. The average molecular weight is 243 g/mol. The molecule has 84 valence electrons. The Hall–Kier alpha value is -1.79. The van der Waals surface area contributed by atoms with Gasteiger partial charge in [-0.15, -0.1) is 11.8 Å². The van der Waals surface area contributed by atoms with Crippen LogP contribution in [0.25, 0.3) is 0 Å². The lowest BCUT2D eigenvalue weighted by Gasteiger charge is -2.04. The van der Waals surface area contributed by atoms with E-state index < -0.39 is 5.82 Å². The molecule has 0 aromatic heterocycles. The molecule has 0 fully saturated rings. The molecule has 0 unspecified atom stereocenters. The van der Waals surface area contributed by atoms with E-state index in [4.69, 9.17) is 5.26 Å². The molecule has 3 heteroatoms. The Morgan fingerprint density at radius 1 is 1.06 bits per heavy atom. The van der Waals surface area contributed by atoms with Gasteiger partial charge >= 0.3 is 0 Å². The zero-order valence-electron chi connectivity index (χ0n) is 9.06. The second-order valence-corrected chi connectivity index (χ2v) is 4.54. The van der Waals surface area contributed by atoms with Crippen LogP contribution in [0.5, 0.6) is 0 Å². The van der Waals surface area contributed by atoms with Gasteiger partial charge in [0.15, 0.2) is 0 Å². The third-order valence-corrected chi connectivity index (χ3v) is 3.40. The molecule has 0 saturated carbocycles. The van der Waals surface area contributed by atoms with Crippen molar-refractivity contribution in [3.05, 3.63) is 65.5 Å². The molecule has 0 saturated heterocycles. The summed E-state index contributed by atoms with van der Waals surface area (Å²) in [5.74, 6) is 0.129. The average Bonchev–Trinajstić information content (AvgIpc) is 2.39. The van der Waals surface area contributed by atoms with Crippen LogP contribution >= 0.6 is 11.8 Å².